The summed E-state index contributed by atoms with van der Waals surface area (Å²) in [7, 11) is 0. The first kappa shape index (κ1) is 14.4. The van der Waals surface area contributed by atoms with Crippen LogP contribution >= 0.6 is 0 Å². The van der Waals surface area contributed by atoms with Crippen LogP contribution in [-0.2, 0) is 0 Å². The number of carbonyl (C=O) groups excluding carboxylic acids is 1. The maximum absolute atomic E-state index is 11.9. The molecule has 100 valence electrons. The number of aromatic amines is 1. The molecule has 0 unspecified atom stereocenters. The van der Waals surface area contributed by atoms with Gasteiger partial charge in [0, 0.05) is 12.0 Å². The Bertz CT molecular complexity index is 494. The van der Waals surface area contributed by atoms with E-state index in [-0.39, 0.29) is 18.1 Å². The molecular formula is C12H19N3O3. The summed E-state index contributed by atoms with van der Waals surface area (Å²) in [5.74, 6) is 0.132. The second-order valence-electron chi connectivity index (χ2n) is 4.62. The molecule has 0 aliphatic heterocycles. The minimum absolute atomic E-state index is 0.000278. The lowest BCUT2D eigenvalue weighted by atomic mass is 10.1. The van der Waals surface area contributed by atoms with Crippen molar-refractivity contribution in [2.75, 3.05) is 6.61 Å². The van der Waals surface area contributed by atoms with Gasteiger partial charge in [-0.1, -0.05) is 13.8 Å². The lowest BCUT2D eigenvalue weighted by Gasteiger charge is -2.12. The normalized spacial score (nSPS) is 12.6. The highest BCUT2D eigenvalue weighted by Gasteiger charge is 2.18. The lowest BCUT2D eigenvalue weighted by molar-refractivity contribution is 0.0919. The van der Waals surface area contributed by atoms with Gasteiger partial charge in [-0.15, -0.1) is 0 Å². The summed E-state index contributed by atoms with van der Waals surface area (Å²) in [6, 6.07) is -0.402. The Kier molecular flexibility index (Phi) is 4.61. The van der Waals surface area contributed by atoms with Crippen LogP contribution in [0.15, 0.2) is 4.79 Å². The predicted molar refractivity (Wildman–Crippen MR) is 67.7 cm³/mol. The first-order chi connectivity index (χ1) is 8.36. The third kappa shape index (κ3) is 3.16. The molecule has 0 bridgehead atoms. The van der Waals surface area contributed by atoms with Gasteiger partial charge in [0.2, 0.25) is 0 Å². The van der Waals surface area contributed by atoms with Gasteiger partial charge in [-0.2, -0.15) is 0 Å². The Hall–Kier alpha value is -1.69. The van der Waals surface area contributed by atoms with E-state index >= 15 is 0 Å². The summed E-state index contributed by atoms with van der Waals surface area (Å²) >= 11 is 0. The molecule has 1 aromatic heterocycles. The Labute approximate surface area is 105 Å². The average Bonchev–Trinajstić information content (AvgIpc) is 2.27. The molecule has 6 heteroatoms. The summed E-state index contributed by atoms with van der Waals surface area (Å²) in [5, 5.41) is 11.4. The quantitative estimate of drug-likeness (QED) is 0.719. The molecule has 0 fully saturated rings. The molecule has 1 rings (SSSR count). The molecule has 1 heterocycles. The Morgan fingerprint density at radius 3 is 2.50 bits per heavy atom. The van der Waals surface area contributed by atoms with Gasteiger partial charge in [-0.3, -0.25) is 9.59 Å². The van der Waals surface area contributed by atoms with Crippen LogP contribution in [0.2, 0.25) is 0 Å². The van der Waals surface area contributed by atoms with E-state index in [0.29, 0.717) is 11.5 Å². The summed E-state index contributed by atoms with van der Waals surface area (Å²) in [5.41, 5.74) is -0.0568. The second-order valence-corrected chi connectivity index (χ2v) is 4.62. The van der Waals surface area contributed by atoms with Crippen LogP contribution in [0.5, 0.6) is 0 Å². The largest absolute Gasteiger partial charge is 0.394 e. The van der Waals surface area contributed by atoms with Crippen LogP contribution in [0.1, 0.15) is 48.6 Å². The number of carbonyl (C=O) groups is 1. The minimum atomic E-state index is -0.516. The van der Waals surface area contributed by atoms with E-state index in [4.69, 9.17) is 5.11 Å². The molecule has 1 atom stereocenters. The Morgan fingerprint density at radius 2 is 2.06 bits per heavy atom. The molecule has 0 saturated carbocycles. The summed E-state index contributed by atoms with van der Waals surface area (Å²) < 4.78 is 0. The minimum Gasteiger partial charge on any atom is -0.394 e. The highest BCUT2D eigenvalue weighted by molar-refractivity contribution is 5.94. The number of aliphatic hydroxyl groups excluding tert-OH is 1. The third-order valence-electron chi connectivity index (χ3n) is 2.54. The first-order valence-electron chi connectivity index (χ1n) is 5.89. The van der Waals surface area contributed by atoms with Gasteiger partial charge in [-0.05, 0) is 13.8 Å². The molecule has 0 aliphatic carbocycles. The fourth-order valence-electron chi connectivity index (χ4n) is 1.49. The van der Waals surface area contributed by atoms with E-state index in [1.807, 2.05) is 13.8 Å². The van der Waals surface area contributed by atoms with Crippen molar-refractivity contribution in [2.24, 2.45) is 0 Å². The number of hydrogen-bond acceptors (Lipinski definition) is 4. The monoisotopic (exact) mass is 253 g/mol. The van der Waals surface area contributed by atoms with Crippen LogP contribution in [-0.4, -0.2) is 33.6 Å². The topological polar surface area (TPSA) is 95.1 Å². The molecule has 1 amide bonds. The van der Waals surface area contributed by atoms with Crippen LogP contribution in [0.25, 0.3) is 0 Å². The van der Waals surface area contributed by atoms with E-state index in [0.717, 1.165) is 0 Å². The zero-order valence-corrected chi connectivity index (χ0v) is 11.1. The van der Waals surface area contributed by atoms with E-state index in [2.05, 4.69) is 15.3 Å². The van der Waals surface area contributed by atoms with E-state index < -0.39 is 17.5 Å². The van der Waals surface area contributed by atoms with Gasteiger partial charge in [0.15, 0.2) is 0 Å². The number of aromatic nitrogens is 2. The third-order valence-corrected chi connectivity index (χ3v) is 2.54. The number of rotatable bonds is 4. The molecule has 0 aromatic carbocycles. The maximum atomic E-state index is 11.9. The highest BCUT2D eigenvalue weighted by atomic mass is 16.3. The first-order valence-corrected chi connectivity index (χ1v) is 5.89. The molecule has 0 saturated heterocycles. The molecule has 0 spiro atoms. The SMILES string of the molecule is Cc1nc(C(C)C)[nH]c(=O)c1C(=O)N[C@H](C)CO. The van der Waals surface area contributed by atoms with Gasteiger partial charge in [0.1, 0.15) is 11.4 Å². The number of nitrogens with zero attached hydrogens (tertiary/aromatic N) is 1. The van der Waals surface area contributed by atoms with Crippen LogP contribution in [0.3, 0.4) is 0 Å². The van der Waals surface area contributed by atoms with E-state index in [1.54, 1.807) is 13.8 Å². The van der Waals surface area contributed by atoms with E-state index in [1.165, 1.54) is 0 Å². The van der Waals surface area contributed by atoms with E-state index in [9.17, 15) is 9.59 Å². The van der Waals surface area contributed by atoms with Gasteiger partial charge in [0.05, 0.1) is 12.3 Å². The zero-order chi connectivity index (χ0) is 13.9. The zero-order valence-electron chi connectivity index (χ0n) is 11.1. The molecule has 0 radical (unpaired) electrons. The van der Waals surface area contributed by atoms with Gasteiger partial charge in [-0.25, -0.2) is 4.98 Å². The van der Waals surface area contributed by atoms with Gasteiger partial charge < -0.3 is 15.4 Å². The Morgan fingerprint density at radius 1 is 1.44 bits per heavy atom. The van der Waals surface area contributed by atoms with Crippen molar-refractivity contribution in [1.82, 2.24) is 15.3 Å². The molecule has 3 N–H and O–H groups in total. The number of hydrogen-bond donors (Lipinski definition) is 3. The lowest BCUT2D eigenvalue weighted by Crippen LogP contribution is -2.39. The molecular weight excluding hydrogens is 234 g/mol. The summed E-state index contributed by atoms with van der Waals surface area (Å²) in [6.07, 6.45) is 0. The number of amides is 1. The summed E-state index contributed by atoms with van der Waals surface area (Å²) in [4.78, 5) is 30.5. The standard InChI is InChI=1S/C12H19N3O3/c1-6(2)10-14-8(4)9(12(18)15-10)11(17)13-7(3)5-16/h6-7,16H,5H2,1-4H3,(H,13,17)(H,14,15,18)/t7-/m1/s1. The Balaban J connectivity index is 3.11. The van der Waals surface area contributed by atoms with Crippen molar-refractivity contribution in [3.05, 3.63) is 27.4 Å². The van der Waals surface area contributed by atoms with Gasteiger partial charge in [0.25, 0.3) is 11.5 Å². The number of aliphatic hydroxyl groups is 1. The summed E-state index contributed by atoms with van der Waals surface area (Å²) in [6.45, 7) is 6.91. The molecule has 6 nitrogen and oxygen atoms in total. The predicted octanol–water partition coefficient (Wildman–Crippen LogP) is 0.312. The number of aryl methyl sites for hydroxylation is 1. The van der Waals surface area contributed by atoms with Crippen molar-refractivity contribution in [2.45, 2.75) is 39.7 Å². The van der Waals surface area contributed by atoms with Crippen LogP contribution in [0.4, 0.5) is 0 Å². The van der Waals surface area contributed by atoms with Crippen molar-refractivity contribution < 1.29 is 9.90 Å². The van der Waals surface area contributed by atoms with Crippen LogP contribution in [0, 0.1) is 6.92 Å². The number of nitrogens with one attached hydrogen (secondary N) is 2. The maximum Gasteiger partial charge on any atom is 0.264 e. The van der Waals surface area contributed by atoms with Gasteiger partial charge >= 0.3 is 0 Å². The molecule has 1 aromatic rings. The molecule has 18 heavy (non-hydrogen) atoms. The van der Waals surface area contributed by atoms with Crippen molar-refractivity contribution >= 4 is 5.91 Å². The average molecular weight is 253 g/mol. The van der Waals surface area contributed by atoms with Crippen molar-refractivity contribution in [3.8, 4) is 0 Å². The molecule has 0 aliphatic rings. The fourth-order valence-corrected chi connectivity index (χ4v) is 1.49. The van der Waals surface area contributed by atoms with Crippen molar-refractivity contribution in [1.29, 1.82) is 0 Å². The van der Waals surface area contributed by atoms with Crippen LogP contribution < -0.4 is 10.9 Å². The highest BCUT2D eigenvalue weighted by Crippen LogP contribution is 2.08. The van der Waals surface area contributed by atoms with Crippen molar-refractivity contribution in [3.63, 3.8) is 0 Å². The second kappa shape index (κ2) is 5.77. The number of H-pyrrole nitrogens is 1. The smallest absolute Gasteiger partial charge is 0.264 e. The fraction of sp³-hybridized carbons (Fsp3) is 0.583.